The molecule has 0 aliphatic rings. The van der Waals surface area contributed by atoms with Crippen LogP contribution >= 0.6 is 46.4 Å². The van der Waals surface area contributed by atoms with Crippen LogP contribution in [0.2, 0.25) is 20.1 Å². The molecule has 2 aromatic carbocycles. The maximum Gasteiger partial charge on any atom is 0.109 e. The molecule has 0 heterocycles. The van der Waals surface area contributed by atoms with Crippen molar-refractivity contribution in [3.05, 3.63) is 67.6 Å². The predicted octanol–water partition coefficient (Wildman–Crippen LogP) is 5.07. The first-order chi connectivity index (χ1) is 9.36. The highest BCUT2D eigenvalue weighted by Crippen LogP contribution is 2.34. The van der Waals surface area contributed by atoms with E-state index in [1.54, 1.807) is 12.1 Å². The lowest BCUT2D eigenvalue weighted by atomic mass is 9.98. The Labute approximate surface area is 136 Å². The Morgan fingerprint density at radius 3 is 1.05 bits per heavy atom. The standard InChI is InChI=1S/C14H10Cl4O2/c15-9-1-7(2-10(16)5-9)13(19)14(20)8-3-11(17)6-12(18)4-8/h1-6,13-14,19-20H. The zero-order valence-electron chi connectivity index (χ0n) is 10.0. The highest BCUT2D eigenvalue weighted by Gasteiger charge is 2.21. The van der Waals surface area contributed by atoms with Crippen molar-refractivity contribution >= 4 is 46.4 Å². The van der Waals surface area contributed by atoms with Gasteiger partial charge in [-0.1, -0.05) is 46.4 Å². The number of rotatable bonds is 3. The topological polar surface area (TPSA) is 40.5 Å². The summed E-state index contributed by atoms with van der Waals surface area (Å²) in [6.45, 7) is 0. The fourth-order valence-electron chi connectivity index (χ4n) is 1.86. The van der Waals surface area contributed by atoms with Gasteiger partial charge in [0.1, 0.15) is 12.2 Å². The molecule has 2 nitrogen and oxygen atoms in total. The highest BCUT2D eigenvalue weighted by molar-refractivity contribution is 6.35. The van der Waals surface area contributed by atoms with E-state index in [0.29, 0.717) is 31.2 Å². The molecule has 0 saturated carbocycles. The first kappa shape index (κ1) is 15.9. The molecule has 20 heavy (non-hydrogen) atoms. The average Bonchev–Trinajstić information content (AvgIpc) is 2.34. The van der Waals surface area contributed by atoms with Gasteiger partial charge in [-0.25, -0.2) is 0 Å². The van der Waals surface area contributed by atoms with Crippen molar-refractivity contribution < 1.29 is 10.2 Å². The summed E-state index contributed by atoms with van der Waals surface area (Å²) in [7, 11) is 0. The molecule has 2 atom stereocenters. The van der Waals surface area contributed by atoms with Crippen LogP contribution in [-0.4, -0.2) is 10.2 Å². The quantitative estimate of drug-likeness (QED) is 0.810. The lowest BCUT2D eigenvalue weighted by Crippen LogP contribution is -2.10. The average molecular weight is 352 g/mol. The summed E-state index contributed by atoms with van der Waals surface area (Å²) in [5.74, 6) is 0. The van der Waals surface area contributed by atoms with E-state index in [0.717, 1.165) is 0 Å². The van der Waals surface area contributed by atoms with Crippen LogP contribution < -0.4 is 0 Å². The number of aliphatic hydroxyl groups excluding tert-OH is 2. The second kappa shape index (κ2) is 6.52. The van der Waals surface area contributed by atoms with Gasteiger partial charge in [0.25, 0.3) is 0 Å². The molecule has 0 saturated heterocycles. The SMILES string of the molecule is OC(c1cc(Cl)cc(Cl)c1)C(O)c1cc(Cl)cc(Cl)c1. The third-order valence-corrected chi connectivity index (χ3v) is 3.62. The van der Waals surface area contributed by atoms with Crippen LogP contribution in [0.5, 0.6) is 0 Å². The summed E-state index contributed by atoms with van der Waals surface area (Å²) in [6, 6.07) is 9.23. The smallest absolute Gasteiger partial charge is 0.109 e. The van der Waals surface area contributed by atoms with E-state index in [4.69, 9.17) is 46.4 Å². The third kappa shape index (κ3) is 3.79. The number of hydrogen-bond acceptors (Lipinski definition) is 2. The Morgan fingerprint density at radius 2 is 0.800 bits per heavy atom. The number of halogens is 4. The van der Waals surface area contributed by atoms with Gasteiger partial charge in [-0.05, 0) is 47.5 Å². The largest absolute Gasteiger partial charge is 0.385 e. The van der Waals surface area contributed by atoms with Crippen LogP contribution in [0.3, 0.4) is 0 Å². The molecule has 2 aromatic rings. The van der Waals surface area contributed by atoms with Crippen LogP contribution in [0.1, 0.15) is 23.3 Å². The molecule has 106 valence electrons. The van der Waals surface area contributed by atoms with Crippen molar-refractivity contribution in [1.29, 1.82) is 0 Å². The molecule has 0 fully saturated rings. The summed E-state index contributed by atoms with van der Waals surface area (Å²) in [4.78, 5) is 0. The fraction of sp³-hybridized carbons (Fsp3) is 0.143. The predicted molar refractivity (Wildman–Crippen MR) is 82.8 cm³/mol. The van der Waals surface area contributed by atoms with Gasteiger partial charge < -0.3 is 10.2 Å². The molecule has 0 aliphatic heterocycles. The Kier molecular flexibility index (Phi) is 5.19. The van der Waals surface area contributed by atoms with Crippen molar-refractivity contribution in [3.63, 3.8) is 0 Å². The molecular weight excluding hydrogens is 342 g/mol. The molecule has 0 radical (unpaired) electrons. The third-order valence-electron chi connectivity index (χ3n) is 2.75. The number of aliphatic hydroxyl groups is 2. The fourth-order valence-corrected chi connectivity index (χ4v) is 2.94. The van der Waals surface area contributed by atoms with Gasteiger partial charge in [0.05, 0.1) is 0 Å². The van der Waals surface area contributed by atoms with Crippen molar-refractivity contribution in [3.8, 4) is 0 Å². The minimum absolute atomic E-state index is 0.378. The maximum atomic E-state index is 10.2. The van der Waals surface area contributed by atoms with E-state index < -0.39 is 12.2 Å². The van der Waals surface area contributed by atoms with Gasteiger partial charge in [-0.2, -0.15) is 0 Å². The van der Waals surface area contributed by atoms with Crippen LogP contribution in [-0.2, 0) is 0 Å². The zero-order valence-corrected chi connectivity index (χ0v) is 13.0. The minimum Gasteiger partial charge on any atom is -0.385 e. The molecule has 0 spiro atoms. The van der Waals surface area contributed by atoms with E-state index in [9.17, 15) is 10.2 Å². The zero-order chi connectivity index (χ0) is 14.9. The van der Waals surface area contributed by atoms with Gasteiger partial charge in [-0.15, -0.1) is 0 Å². The number of hydrogen-bond donors (Lipinski definition) is 2. The van der Waals surface area contributed by atoms with Crippen molar-refractivity contribution in [1.82, 2.24) is 0 Å². The molecule has 6 heteroatoms. The van der Waals surface area contributed by atoms with E-state index in [1.165, 1.54) is 24.3 Å². The summed E-state index contributed by atoms with van der Waals surface area (Å²) in [5, 5.41) is 22.0. The first-order valence-electron chi connectivity index (χ1n) is 5.65. The lowest BCUT2D eigenvalue weighted by molar-refractivity contribution is 0.0173. The van der Waals surface area contributed by atoms with Gasteiger partial charge >= 0.3 is 0 Å². The Hall–Kier alpha value is -0.480. The highest BCUT2D eigenvalue weighted by atomic mass is 35.5. The van der Waals surface area contributed by atoms with Gasteiger partial charge in [0.2, 0.25) is 0 Å². The lowest BCUT2D eigenvalue weighted by Gasteiger charge is -2.19. The second-order valence-corrected chi connectivity index (χ2v) is 6.04. The van der Waals surface area contributed by atoms with Crippen LogP contribution in [0.4, 0.5) is 0 Å². The summed E-state index contributed by atoms with van der Waals surface area (Å²) in [5.41, 5.74) is 0.817. The van der Waals surface area contributed by atoms with Crippen molar-refractivity contribution in [2.24, 2.45) is 0 Å². The van der Waals surface area contributed by atoms with E-state index in [-0.39, 0.29) is 0 Å². The molecule has 2 N–H and O–H groups in total. The molecule has 0 amide bonds. The summed E-state index contributed by atoms with van der Waals surface area (Å²) >= 11 is 23.5. The van der Waals surface area contributed by atoms with Crippen LogP contribution in [0.15, 0.2) is 36.4 Å². The first-order valence-corrected chi connectivity index (χ1v) is 7.16. The maximum absolute atomic E-state index is 10.2. The van der Waals surface area contributed by atoms with Gasteiger partial charge in [0.15, 0.2) is 0 Å². The molecule has 2 unspecified atom stereocenters. The Morgan fingerprint density at radius 1 is 0.550 bits per heavy atom. The molecule has 2 rings (SSSR count). The van der Waals surface area contributed by atoms with Gasteiger partial charge in [-0.3, -0.25) is 0 Å². The van der Waals surface area contributed by atoms with Gasteiger partial charge in [0, 0.05) is 20.1 Å². The van der Waals surface area contributed by atoms with E-state index in [2.05, 4.69) is 0 Å². The van der Waals surface area contributed by atoms with Crippen LogP contribution in [0, 0.1) is 0 Å². The molecule has 0 aromatic heterocycles. The summed E-state index contributed by atoms with van der Waals surface area (Å²) < 4.78 is 0. The minimum atomic E-state index is -1.19. The Balaban J connectivity index is 2.34. The molecule has 0 aliphatic carbocycles. The van der Waals surface area contributed by atoms with Crippen molar-refractivity contribution in [2.75, 3.05) is 0 Å². The molecular formula is C14H10Cl4O2. The van der Waals surface area contributed by atoms with Crippen LogP contribution in [0.25, 0.3) is 0 Å². The Bertz CT molecular complexity index is 535. The van der Waals surface area contributed by atoms with E-state index in [1.807, 2.05) is 0 Å². The normalized spacial score (nSPS) is 14.1. The number of benzene rings is 2. The van der Waals surface area contributed by atoms with Crippen molar-refractivity contribution in [2.45, 2.75) is 12.2 Å². The molecule has 0 bridgehead atoms. The van der Waals surface area contributed by atoms with E-state index >= 15 is 0 Å². The second-order valence-electron chi connectivity index (χ2n) is 4.30. The summed E-state index contributed by atoms with van der Waals surface area (Å²) in [6.07, 6.45) is -2.39. The monoisotopic (exact) mass is 350 g/mol.